The summed E-state index contributed by atoms with van der Waals surface area (Å²) in [6, 6.07) is 6.34. The average molecular weight is 332 g/mol. The van der Waals surface area contributed by atoms with Crippen LogP contribution in [0.15, 0.2) is 24.3 Å². The highest BCUT2D eigenvalue weighted by molar-refractivity contribution is 7.15. The topological polar surface area (TPSA) is 33.2 Å². The number of hydrogen-bond donors (Lipinski definition) is 0. The number of thiazole rings is 1. The second-order valence-corrected chi connectivity index (χ2v) is 7.09. The second kappa shape index (κ2) is 7.21. The molecule has 1 saturated heterocycles. The van der Waals surface area contributed by atoms with E-state index in [1.807, 2.05) is 11.8 Å². The van der Waals surface area contributed by atoms with E-state index in [4.69, 9.17) is 0 Å². The summed E-state index contributed by atoms with van der Waals surface area (Å²) in [5.74, 6) is -0.0529. The number of amides is 1. The molecule has 1 aliphatic heterocycles. The summed E-state index contributed by atoms with van der Waals surface area (Å²) >= 11 is 1.53. The standard InChI is InChI=1S/C18H21FN2OS/c1-13-16(12-17(22)21-10-4-2-3-5-11-21)23-18(20-13)14-6-8-15(19)9-7-14/h6-9H,2-5,10-12H2,1H3. The Hall–Kier alpha value is -1.75. The van der Waals surface area contributed by atoms with E-state index < -0.39 is 0 Å². The van der Waals surface area contributed by atoms with E-state index in [2.05, 4.69) is 4.98 Å². The first-order valence-electron chi connectivity index (χ1n) is 8.13. The van der Waals surface area contributed by atoms with Gasteiger partial charge in [-0.05, 0) is 44.0 Å². The van der Waals surface area contributed by atoms with Crippen molar-refractivity contribution in [3.8, 4) is 10.6 Å². The van der Waals surface area contributed by atoms with E-state index >= 15 is 0 Å². The van der Waals surface area contributed by atoms with Crippen molar-refractivity contribution in [1.29, 1.82) is 0 Å². The number of aryl methyl sites for hydroxylation is 1. The van der Waals surface area contributed by atoms with Crippen molar-refractivity contribution < 1.29 is 9.18 Å². The van der Waals surface area contributed by atoms with Crippen LogP contribution in [0.5, 0.6) is 0 Å². The fraction of sp³-hybridized carbons (Fsp3) is 0.444. The van der Waals surface area contributed by atoms with Crippen LogP contribution in [0.4, 0.5) is 4.39 Å². The van der Waals surface area contributed by atoms with E-state index in [1.165, 1.54) is 36.3 Å². The number of likely N-dealkylation sites (tertiary alicyclic amines) is 1. The van der Waals surface area contributed by atoms with Gasteiger partial charge >= 0.3 is 0 Å². The quantitative estimate of drug-likeness (QED) is 0.844. The molecular formula is C18H21FN2OS. The van der Waals surface area contributed by atoms with E-state index in [1.54, 1.807) is 12.1 Å². The molecule has 2 heterocycles. The maximum Gasteiger partial charge on any atom is 0.227 e. The van der Waals surface area contributed by atoms with Crippen molar-refractivity contribution >= 4 is 17.2 Å². The lowest BCUT2D eigenvalue weighted by Crippen LogP contribution is -2.33. The Balaban J connectivity index is 1.73. The normalized spacial score (nSPS) is 15.5. The first kappa shape index (κ1) is 16.1. The van der Waals surface area contributed by atoms with Gasteiger partial charge in [0.1, 0.15) is 10.8 Å². The van der Waals surface area contributed by atoms with Crippen LogP contribution in [0.3, 0.4) is 0 Å². The van der Waals surface area contributed by atoms with Gasteiger partial charge in [0.2, 0.25) is 5.91 Å². The third kappa shape index (κ3) is 3.96. The minimum absolute atomic E-state index is 0.198. The average Bonchev–Trinajstić information content (AvgIpc) is 2.77. The molecule has 1 amide bonds. The van der Waals surface area contributed by atoms with Crippen molar-refractivity contribution in [2.45, 2.75) is 39.0 Å². The summed E-state index contributed by atoms with van der Waals surface area (Å²) in [5, 5.41) is 0.848. The Bertz CT molecular complexity index is 673. The predicted molar refractivity (Wildman–Crippen MR) is 91.0 cm³/mol. The van der Waals surface area contributed by atoms with Crippen LogP contribution in [-0.2, 0) is 11.2 Å². The van der Waals surface area contributed by atoms with Crippen molar-refractivity contribution in [3.05, 3.63) is 40.7 Å². The molecule has 3 nitrogen and oxygen atoms in total. The zero-order valence-electron chi connectivity index (χ0n) is 13.3. The number of rotatable bonds is 3. The van der Waals surface area contributed by atoms with Crippen LogP contribution < -0.4 is 0 Å². The van der Waals surface area contributed by atoms with Gasteiger partial charge in [0.05, 0.1) is 12.1 Å². The van der Waals surface area contributed by atoms with E-state index in [-0.39, 0.29) is 11.7 Å². The van der Waals surface area contributed by atoms with Gasteiger partial charge in [0.25, 0.3) is 0 Å². The SMILES string of the molecule is Cc1nc(-c2ccc(F)cc2)sc1CC(=O)N1CCCCCC1. The monoisotopic (exact) mass is 332 g/mol. The van der Waals surface area contributed by atoms with Crippen molar-refractivity contribution in [2.24, 2.45) is 0 Å². The molecule has 23 heavy (non-hydrogen) atoms. The van der Waals surface area contributed by atoms with Crippen LogP contribution in [0.2, 0.25) is 0 Å². The molecule has 0 unspecified atom stereocenters. The minimum Gasteiger partial charge on any atom is -0.342 e. The maximum atomic E-state index is 13.0. The molecule has 0 aliphatic carbocycles. The molecule has 1 aromatic heterocycles. The number of hydrogen-bond acceptors (Lipinski definition) is 3. The Morgan fingerprint density at radius 1 is 1.17 bits per heavy atom. The molecule has 0 radical (unpaired) electrons. The second-order valence-electron chi connectivity index (χ2n) is 6.01. The Morgan fingerprint density at radius 2 is 1.83 bits per heavy atom. The largest absolute Gasteiger partial charge is 0.342 e. The van der Waals surface area contributed by atoms with Crippen LogP contribution in [-0.4, -0.2) is 28.9 Å². The number of benzene rings is 1. The third-order valence-electron chi connectivity index (χ3n) is 4.25. The lowest BCUT2D eigenvalue weighted by atomic mass is 10.2. The van der Waals surface area contributed by atoms with Crippen molar-refractivity contribution in [1.82, 2.24) is 9.88 Å². The van der Waals surface area contributed by atoms with Gasteiger partial charge in [-0.15, -0.1) is 11.3 Å². The number of carbonyl (C=O) groups is 1. The Labute approximate surface area is 140 Å². The van der Waals surface area contributed by atoms with Crippen LogP contribution in [0.25, 0.3) is 10.6 Å². The predicted octanol–water partition coefficient (Wildman–Crippen LogP) is 4.20. The molecular weight excluding hydrogens is 311 g/mol. The number of carbonyl (C=O) groups excluding carboxylic acids is 1. The van der Waals surface area contributed by atoms with Gasteiger partial charge in [-0.3, -0.25) is 4.79 Å². The minimum atomic E-state index is -0.251. The molecule has 1 fully saturated rings. The lowest BCUT2D eigenvalue weighted by Gasteiger charge is -2.19. The summed E-state index contributed by atoms with van der Waals surface area (Å²) in [4.78, 5) is 20.1. The van der Waals surface area contributed by atoms with Gasteiger partial charge in [0.15, 0.2) is 0 Å². The highest BCUT2D eigenvalue weighted by Gasteiger charge is 2.19. The van der Waals surface area contributed by atoms with Crippen molar-refractivity contribution in [3.63, 3.8) is 0 Å². The van der Waals surface area contributed by atoms with Crippen LogP contribution in [0, 0.1) is 12.7 Å². The van der Waals surface area contributed by atoms with Gasteiger partial charge in [-0.1, -0.05) is 12.8 Å². The van der Waals surface area contributed by atoms with Crippen molar-refractivity contribution in [2.75, 3.05) is 13.1 Å². The highest BCUT2D eigenvalue weighted by Crippen LogP contribution is 2.28. The molecule has 122 valence electrons. The molecule has 0 bridgehead atoms. The first-order chi connectivity index (χ1) is 11.1. The third-order valence-corrected chi connectivity index (χ3v) is 5.46. The summed E-state index contributed by atoms with van der Waals surface area (Å²) < 4.78 is 13.0. The molecule has 5 heteroatoms. The van der Waals surface area contributed by atoms with E-state index in [0.717, 1.165) is 47.1 Å². The molecule has 2 aromatic rings. The van der Waals surface area contributed by atoms with Crippen LogP contribution in [0.1, 0.15) is 36.3 Å². The molecule has 1 aromatic carbocycles. The van der Waals surface area contributed by atoms with E-state index in [9.17, 15) is 9.18 Å². The summed E-state index contributed by atoms with van der Waals surface area (Å²) in [7, 11) is 0. The molecule has 0 spiro atoms. The van der Waals surface area contributed by atoms with Gasteiger partial charge in [-0.25, -0.2) is 9.37 Å². The Morgan fingerprint density at radius 3 is 2.48 bits per heavy atom. The van der Waals surface area contributed by atoms with Gasteiger partial charge < -0.3 is 4.90 Å². The summed E-state index contributed by atoms with van der Waals surface area (Å²) in [6.07, 6.45) is 5.07. The number of halogens is 1. The molecule has 1 aliphatic rings. The maximum absolute atomic E-state index is 13.0. The smallest absolute Gasteiger partial charge is 0.227 e. The van der Waals surface area contributed by atoms with Gasteiger partial charge in [0, 0.05) is 23.5 Å². The number of aromatic nitrogens is 1. The highest BCUT2D eigenvalue weighted by atomic mass is 32.1. The number of nitrogens with zero attached hydrogens (tertiary/aromatic N) is 2. The lowest BCUT2D eigenvalue weighted by molar-refractivity contribution is -0.130. The van der Waals surface area contributed by atoms with Crippen LogP contribution >= 0.6 is 11.3 Å². The summed E-state index contributed by atoms with van der Waals surface area (Å²) in [5.41, 5.74) is 1.80. The molecule has 0 saturated carbocycles. The van der Waals surface area contributed by atoms with Gasteiger partial charge in [-0.2, -0.15) is 0 Å². The zero-order chi connectivity index (χ0) is 16.2. The first-order valence-corrected chi connectivity index (χ1v) is 8.95. The van der Waals surface area contributed by atoms with E-state index in [0.29, 0.717) is 6.42 Å². The zero-order valence-corrected chi connectivity index (χ0v) is 14.2. The fourth-order valence-electron chi connectivity index (χ4n) is 2.88. The molecule has 0 N–H and O–H groups in total. The molecule has 3 rings (SSSR count). The Kier molecular flexibility index (Phi) is 5.06. The fourth-order valence-corrected chi connectivity index (χ4v) is 3.94. The molecule has 0 atom stereocenters. The summed E-state index contributed by atoms with van der Waals surface area (Å²) in [6.45, 7) is 3.69.